The molecule has 1 unspecified atom stereocenters. The largest absolute Gasteiger partial charge is 0.300 e. The lowest BCUT2D eigenvalue weighted by molar-refractivity contribution is -0.120. The van der Waals surface area contributed by atoms with E-state index < -0.39 is 0 Å². The zero-order valence-electron chi connectivity index (χ0n) is 10.5. The second kappa shape index (κ2) is 6.88. The van der Waals surface area contributed by atoms with Gasteiger partial charge in [0.05, 0.1) is 6.54 Å². The van der Waals surface area contributed by atoms with E-state index in [0.29, 0.717) is 13.1 Å². The summed E-state index contributed by atoms with van der Waals surface area (Å²) in [6, 6.07) is 10.2. The number of hydrogen-bond acceptors (Lipinski definition) is 2. The molecule has 0 saturated heterocycles. The molecule has 0 N–H and O–H groups in total. The zero-order valence-corrected chi connectivity index (χ0v) is 10.5. The Bertz CT molecular complexity index is 391. The molecule has 17 heavy (non-hydrogen) atoms. The van der Waals surface area contributed by atoms with Gasteiger partial charge in [-0.1, -0.05) is 43.2 Å². The molecule has 0 heterocycles. The van der Waals surface area contributed by atoms with Crippen LogP contribution in [0.5, 0.6) is 0 Å². The van der Waals surface area contributed by atoms with E-state index in [4.69, 9.17) is 6.42 Å². The van der Waals surface area contributed by atoms with Crippen LogP contribution in [0, 0.1) is 18.3 Å². The molecule has 0 aliphatic heterocycles. The smallest absolute Gasteiger partial charge is 0.133 e. The normalized spacial score (nSPS) is 12.1. The van der Waals surface area contributed by atoms with E-state index in [1.54, 1.807) is 6.92 Å². The first-order chi connectivity index (χ1) is 8.13. The van der Waals surface area contributed by atoms with E-state index >= 15 is 0 Å². The molecule has 90 valence electrons. The lowest BCUT2D eigenvalue weighted by atomic mass is 10.1. The summed E-state index contributed by atoms with van der Waals surface area (Å²) in [5, 5.41) is 0. The Morgan fingerprint density at radius 1 is 1.41 bits per heavy atom. The molecule has 0 amide bonds. The van der Waals surface area contributed by atoms with Crippen LogP contribution in [0.1, 0.15) is 19.4 Å². The molecule has 0 aromatic heterocycles. The zero-order chi connectivity index (χ0) is 12.7. The molecule has 2 heteroatoms. The second-order valence-electron chi connectivity index (χ2n) is 4.37. The number of carbonyl (C=O) groups excluding carboxylic acids is 1. The van der Waals surface area contributed by atoms with Gasteiger partial charge in [-0.25, -0.2) is 0 Å². The van der Waals surface area contributed by atoms with Gasteiger partial charge in [0.15, 0.2) is 0 Å². The average molecular weight is 229 g/mol. The highest BCUT2D eigenvalue weighted by Crippen LogP contribution is 2.07. The van der Waals surface area contributed by atoms with Crippen molar-refractivity contribution in [2.45, 2.75) is 20.4 Å². The molecule has 1 aromatic carbocycles. The Morgan fingerprint density at radius 3 is 2.59 bits per heavy atom. The van der Waals surface area contributed by atoms with E-state index in [1.807, 2.05) is 25.1 Å². The fraction of sp³-hybridized carbons (Fsp3) is 0.400. The molecule has 2 nitrogen and oxygen atoms in total. The van der Waals surface area contributed by atoms with Gasteiger partial charge in [0.25, 0.3) is 0 Å². The lowest BCUT2D eigenvalue weighted by Gasteiger charge is -2.22. The lowest BCUT2D eigenvalue weighted by Crippen LogP contribution is -2.31. The molecule has 0 spiro atoms. The first kappa shape index (κ1) is 13.5. The summed E-state index contributed by atoms with van der Waals surface area (Å²) in [5.74, 6) is 2.89. The highest BCUT2D eigenvalue weighted by Gasteiger charge is 2.13. The molecule has 1 aromatic rings. The van der Waals surface area contributed by atoms with Crippen molar-refractivity contribution in [3.63, 3.8) is 0 Å². The third kappa shape index (κ3) is 4.84. The number of terminal acetylenes is 1. The monoisotopic (exact) mass is 229 g/mol. The molecular formula is C15H19NO. The van der Waals surface area contributed by atoms with Gasteiger partial charge in [0.2, 0.25) is 0 Å². The van der Waals surface area contributed by atoms with Gasteiger partial charge in [0, 0.05) is 19.0 Å². The van der Waals surface area contributed by atoms with E-state index in [0.717, 1.165) is 6.54 Å². The van der Waals surface area contributed by atoms with Gasteiger partial charge in [-0.05, 0) is 12.5 Å². The van der Waals surface area contributed by atoms with Gasteiger partial charge in [-0.15, -0.1) is 6.42 Å². The van der Waals surface area contributed by atoms with Gasteiger partial charge in [0.1, 0.15) is 5.78 Å². The standard InChI is InChI=1S/C15H19NO/c1-4-10-16(11-13(2)14(3)17)12-15-8-6-5-7-9-15/h1,5-9,13H,10-12H2,2-3H3. The quantitative estimate of drug-likeness (QED) is 0.698. The summed E-state index contributed by atoms with van der Waals surface area (Å²) >= 11 is 0. The van der Waals surface area contributed by atoms with Crippen LogP contribution in [0.4, 0.5) is 0 Å². The van der Waals surface area contributed by atoms with E-state index in [1.165, 1.54) is 5.56 Å². The summed E-state index contributed by atoms with van der Waals surface area (Å²) in [6.45, 7) is 5.65. The van der Waals surface area contributed by atoms with Crippen LogP contribution in [0.25, 0.3) is 0 Å². The summed E-state index contributed by atoms with van der Waals surface area (Å²) < 4.78 is 0. The highest BCUT2D eigenvalue weighted by atomic mass is 16.1. The van der Waals surface area contributed by atoms with Gasteiger partial charge >= 0.3 is 0 Å². The van der Waals surface area contributed by atoms with E-state index in [9.17, 15) is 4.79 Å². The van der Waals surface area contributed by atoms with Crippen LogP contribution >= 0.6 is 0 Å². The molecule has 1 rings (SSSR count). The Kier molecular flexibility index (Phi) is 5.45. The van der Waals surface area contributed by atoms with Gasteiger partial charge in [-0.2, -0.15) is 0 Å². The minimum Gasteiger partial charge on any atom is -0.300 e. The van der Waals surface area contributed by atoms with Gasteiger partial charge < -0.3 is 0 Å². The number of hydrogen-bond donors (Lipinski definition) is 0. The number of ketones is 1. The van der Waals surface area contributed by atoms with Crippen LogP contribution < -0.4 is 0 Å². The predicted molar refractivity (Wildman–Crippen MR) is 70.4 cm³/mol. The Morgan fingerprint density at radius 2 is 2.06 bits per heavy atom. The van der Waals surface area contributed by atoms with Crippen molar-refractivity contribution in [1.82, 2.24) is 4.90 Å². The van der Waals surface area contributed by atoms with Gasteiger partial charge in [-0.3, -0.25) is 9.69 Å². The maximum Gasteiger partial charge on any atom is 0.133 e. The Hall–Kier alpha value is -1.59. The predicted octanol–water partition coefficient (Wildman–Crippen LogP) is 2.35. The topological polar surface area (TPSA) is 20.3 Å². The molecular weight excluding hydrogens is 210 g/mol. The number of benzene rings is 1. The molecule has 0 saturated carbocycles. The maximum absolute atomic E-state index is 11.3. The first-order valence-corrected chi connectivity index (χ1v) is 5.83. The second-order valence-corrected chi connectivity index (χ2v) is 4.37. The molecule has 0 aliphatic rings. The summed E-state index contributed by atoms with van der Waals surface area (Å²) in [5.41, 5.74) is 1.22. The number of nitrogens with zero attached hydrogens (tertiary/aromatic N) is 1. The minimum atomic E-state index is 0.0343. The number of rotatable bonds is 6. The number of Topliss-reactive ketones (excluding diaryl/α,β-unsaturated/α-hetero) is 1. The van der Waals surface area contributed by atoms with Crippen LogP contribution in [-0.2, 0) is 11.3 Å². The summed E-state index contributed by atoms with van der Waals surface area (Å²) in [4.78, 5) is 13.4. The Labute approximate surface area is 104 Å². The van der Waals surface area contributed by atoms with E-state index in [-0.39, 0.29) is 11.7 Å². The van der Waals surface area contributed by atoms with Crippen molar-refractivity contribution in [2.24, 2.45) is 5.92 Å². The Balaban J connectivity index is 2.61. The van der Waals surface area contributed by atoms with Crippen LogP contribution in [0.15, 0.2) is 30.3 Å². The molecule has 0 radical (unpaired) electrons. The molecule has 1 atom stereocenters. The summed E-state index contributed by atoms with van der Waals surface area (Å²) in [6.07, 6.45) is 5.36. The molecule has 0 fully saturated rings. The van der Waals surface area contributed by atoms with Crippen molar-refractivity contribution in [1.29, 1.82) is 0 Å². The first-order valence-electron chi connectivity index (χ1n) is 5.83. The van der Waals surface area contributed by atoms with Crippen molar-refractivity contribution in [2.75, 3.05) is 13.1 Å². The summed E-state index contributed by atoms with van der Waals surface area (Å²) in [7, 11) is 0. The van der Waals surface area contributed by atoms with Crippen LogP contribution in [0.3, 0.4) is 0 Å². The fourth-order valence-electron chi connectivity index (χ4n) is 1.67. The van der Waals surface area contributed by atoms with Crippen LogP contribution in [0.2, 0.25) is 0 Å². The molecule has 0 aliphatic carbocycles. The SMILES string of the molecule is C#CCN(Cc1ccccc1)CC(C)C(C)=O. The third-order valence-electron chi connectivity index (χ3n) is 2.79. The van der Waals surface area contributed by atoms with E-state index in [2.05, 4.69) is 23.0 Å². The van der Waals surface area contributed by atoms with Crippen LogP contribution in [-0.4, -0.2) is 23.8 Å². The minimum absolute atomic E-state index is 0.0343. The van der Waals surface area contributed by atoms with Crippen molar-refractivity contribution in [3.8, 4) is 12.3 Å². The third-order valence-corrected chi connectivity index (χ3v) is 2.79. The average Bonchev–Trinajstić information content (AvgIpc) is 2.30. The van der Waals surface area contributed by atoms with Crippen molar-refractivity contribution < 1.29 is 4.79 Å². The molecule has 0 bridgehead atoms. The highest BCUT2D eigenvalue weighted by molar-refractivity contribution is 5.78. The van der Waals surface area contributed by atoms with Crippen molar-refractivity contribution >= 4 is 5.78 Å². The maximum atomic E-state index is 11.3. The fourth-order valence-corrected chi connectivity index (χ4v) is 1.67. The van der Waals surface area contributed by atoms with Crippen molar-refractivity contribution in [3.05, 3.63) is 35.9 Å². The number of carbonyl (C=O) groups is 1.